The monoisotopic (exact) mass is 331 g/mol. The number of carbonyl (C=O) groups is 2. The van der Waals surface area contributed by atoms with Gasteiger partial charge < -0.3 is 26.2 Å². The largest absolute Gasteiger partial charge is 0.465 e. The highest BCUT2D eigenvalue weighted by molar-refractivity contribution is 9.10. The van der Waals surface area contributed by atoms with Gasteiger partial charge in [-0.05, 0) is 18.2 Å². The average Bonchev–Trinajstić information content (AvgIpc) is 2.36. The number of nitrogens with one attached hydrogen (secondary N) is 3. The van der Waals surface area contributed by atoms with Crippen molar-refractivity contribution in [2.45, 2.75) is 0 Å². The Balaban J connectivity index is 2.70. The summed E-state index contributed by atoms with van der Waals surface area (Å²) in [5, 5.41) is 24.7. The molecule has 1 rings (SSSR count). The molecule has 0 aliphatic carbocycles. The van der Waals surface area contributed by atoms with Crippen molar-refractivity contribution in [1.29, 1.82) is 0 Å². The minimum atomic E-state index is -1.26. The molecule has 0 radical (unpaired) electrons. The van der Waals surface area contributed by atoms with Gasteiger partial charge in [0.15, 0.2) is 0 Å². The molecule has 2 amide bonds. The summed E-state index contributed by atoms with van der Waals surface area (Å²) in [5.74, 6) is -0.475. The van der Waals surface area contributed by atoms with Gasteiger partial charge in [0, 0.05) is 11.0 Å². The van der Waals surface area contributed by atoms with E-state index in [0.717, 1.165) is 4.47 Å². The molecule has 1 aromatic carbocycles. The van der Waals surface area contributed by atoms with Gasteiger partial charge in [-0.1, -0.05) is 15.9 Å². The first kappa shape index (κ1) is 15.3. The fraction of sp³-hybridized carbons (Fsp3) is 0.273. The molecule has 0 fully saturated rings. The topological polar surface area (TPSA) is 111 Å². The molecule has 0 saturated heterocycles. The molecule has 0 spiro atoms. The Hall–Kier alpha value is -1.80. The van der Waals surface area contributed by atoms with Crippen LogP contribution in [-0.2, 0) is 4.79 Å². The summed E-state index contributed by atoms with van der Waals surface area (Å²) in [6.45, 7) is -0.0298. The molecule has 0 bridgehead atoms. The van der Waals surface area contributed by atoms with E-state index in [1.807, 2.05) is 5.32 Å². The second-order valence-corrected chi connectivity index (χ2v) is 4.46. The fourth-order valence-electron chi connectivity index (χ4n) is 1.31. The molecule has 0 aliphatic heterocycles. The van der Waals surface area contributed by atoms with Crippen LogP contribution in [0.1, 0.15) is 0 Å². The van der Waals surface area contributed by atoms with E-state index >= 15 is 0 Å². The maximum absolute atomic E-state index is 11.5. The van der Waals surface area contributed by atoms with Crippen LogP contribution in [0.2, 0.25) is 0 Å². The highest BCUT2D eigenvalue weighted by Gasteiger charge is 2.08. The Morgan fingerprint density at radius 1 is 1.26 bits per heavy atom. The van der Waals surface area contributed by atoms with Crippen LogP contribution in [0.15, 0.2) is 22.7 Å². The maximum atomic E-state index is 11.5. The lowest BCUT2D eigenvalue weighted by molar-refractivity contribution is -0.115. The lowest BCUT2D eigenvalue weighted by atomic mass is 10.2. The maximum Gasteiger partial charge on any atom is 0.405 e. The summed E-state index contributed by atoms with van der Waals surface area (Å²) in [6.07, 6.45) is -1.26. The molecule has 0 aromatic heterocycles. The van der Waals surface area contributed by atoms with E-state index in [9.17, 15) is 9.59 Å². The van der Waals surface area contributed by atoms with E-state index in [0.29, 0.717) is 17.9 Å². The Labute approximate surface area is 118 Å². The fourth-order valence-corrected chi connectivity index (χ4v) is 1.67. The zero-order valence-electron chi connectivity index (χ0n) is 9.94. The molecule has 7 nitrogen and oxygen atoms in total. The number of rotatable bonds is 6. The third-order valence-electron chi connectivity index (χ3n) is 2.08. The van der Waals surface area contributed by atoms with Crippen LogP contribution >= 0.6 is 15.9 Å². The van der Waals surface area contributed by atoms with Gasteiger partial charge in [0.1, 0.15) is 6.54 Å². The number of aliphatic hydroxyl groups is 1. The van der Waals surface area contributed by atoms with Gasteiger partial charge in [0.05, 0.1) is 18.0 Å². The molecule has 0 unspecified atom stereocenters. The summed E-state index contributed by atoms with van der Waals surface area (Å²) in [7, 11) is 0. The van der Waals surface area contributed by atoms with E-state index in [1.54, 1.807) is 18.2 Å². The molecular weight excluding hydrogens is 318 g/mol. The van der Waals surface area contributed by atoms with E-state index in [2.05, 4.69) is 26.6 Å². The number of anilines is 2. The minimum Gasteiger partial charge on any atom is -0.465 e. The minimum absolute atomic E-state index is 0.0412. The first-order valence-corrected chi connectivity index (χ1v) is 6.23. The van der Waals surface area contributed by atoms with Gasteiger partial charge in [-0.2, -0.15) is 0 Å². The molecule has 8 heteroatoms. The molecule has 1 aromatic rings. The van der Waals surface area contributed by atoms with Crippen LogP contribution in [0.3, 0.4) is 0 Å². The van der Waals surface area contributed by atoms with Crippen molar-refractivity contribution < 1.29 is 19.8 Å². The van der Waals surface area contributed by atoms with Crippen molar-refractivity contribution in [2.75, 3.05) is 30.3 Å². The molecule has 5 N–H and O–H groups in total. The summed E-state index contributed by atoms with van der Waals surface area (Å²) >= 11 is 3.30. The van der Waals surface area contributed by atoms with E-state index in [-0.39, 0.29) is 13.2 Å². The Bertz CT molecular complexity index is 467. The number of benzene rings is 1. The van der Waals surface area contributed by atoms with Crippen molar-refractivity contribution in [3.63, 3.8) is 0 Å². The quantitative estimate of drug-likeness (QED) is 0.535. The molecule has 0 saturated carbocycles. The highest BCUT2D eigenvalue weighted by Crippen LogP contribution is 2.25. The second-order valence-electron chi connectivity index (χ2n) is 3.55. The number of halogens is 1. The molecule has 0 heterocycles. The Kier molecular flexibility index (Phi) is 6.10. The van der Waals surface area contributed by atoms with Crippen LogP contribution in [0.4, 0.5) is 16.2 Å². The predicted octanol–water partition coefficient (Wildman–Crippen LogP) is 1.06. The molecule has 19 heavy (non-hydrogen) atoms. The second kappa shape index (κ2) is 7.59. The average molecular weight is 332 g/mol. The molecular formula is C11H14BrN3O4. The van der Waals surface area contributed by atoms with Gasteiger partial charge in [-0.3, -0.25) is 4.79 Å². The van der Waals surface area contributed by atoms with Crippen LogP contribution in [0.25, 0.3) is 0 Å². The number of carbonyl (C=O) groups excluding carboxylic acids is 1. The van der Waals surface area contributed by atoms with Crippen LogP contribution in [0, 0.1) is 0 Å². The van der Waals surface area contributed by atoms with Crippen LogP contribution in [-0.4, -0.2) is 41.9 Å². The van der Waals surface area contributed by atoms with E-state index < -0.39 is 12.0 Å². The lowest BCUT2D eigenvalue weighted by Gasteiger charge is -2.13. The van der Waals surface area contributed by atoms with Crippen LogP contribution < -0.4 is 16.0 Å². The number of hydrogen-bond donors (Lipinski definition) is 5. The number of carboxylic acid groups (broad SMARTS) is 1. The number of hydrogen-bond acceptors (Lipinski definition) is 4. The SMILES string of the molecule is O=C(O)NCC(=O)Nc1ccc(Br)cc1NCCO. The van der Waals surface area contributed by atoms with E-state index in [1.165, 1.54) is 0 Å². The van der Waals surface area contributed by atoms with Crippen molar-refractivity contribution in [3.05, 3.63) is 22.7 Å². The summed E-state index contributed by atoms with van der Waals surface area (Å²) in [5.41, 5.74) is 1.14. The van der Waals surface area contributed by atoms with Gasteiger partial charge in [0.25, 0.3) is 0 Å². The summed E-state index contributed by atoms with van der Waals surface area (Å²) in [6, 6.07) is 5.16. The zero-order valence-corrected chi connectivity index (χ0v) is 11.5. The van der Waals surface area contributed by atoms with Gasteiger partial charge in [-0.15, -0.1) is 0 Å². The molecule has 0 aliphatic rings. The number of aliphatic hydroxyl groups excluding tert-OH is 1. The van der Waals surface area contributed by atoms with Crippen molar-refractivity contribution in [1.82, 2.24) is 5.32 Å². The van der Waals surface area contributed by atoms with Crippen molar-refractivity contribution in [2.24, 2.45) is 0 Å². The van der Waals surface area contributed by atoms with Gasteiger partial charge in [0.2, 0.25) is 5.91 Å². The smallest absolute Gasteiger partial charge is 0.405 e. The van der Waals surface area contributed by atoms with Crippen LogP contribution in [0.5, 0.6) is 0 Å². The first-order chi connectivity index (χ1) is 9.02. The Morgan fingerprint density at radius 2 is 2.00 bits per heavy atom. The molecule has 0 atom stereocenters. The standard InChI is InChI=1S/C11H14BrN3O4/c12-7-1-2-8(9(5-7)13-3-4-16)15-10(17)6-14-11(18)19/h1-2,5,13-14,16H,3-4,6H2,(H,15,17)(H,18,19). The van der Waals surface area contributed by atoms with E-state index in [4.69, 9.17) is 10.2 Å². The van der Waals surface area contributed by atoms with Gasteiger partial charge in [-0.25, -0.2) is 4.79 Å². The van der Waals surface area contributed by atoms with Crippen molar-refractivity contribution >= 4 is 39.3 Å². The number of amides is 2. The zero-order chi connectivity index (χ0) is 14.3. The predicted molar refractivity (Wildman–Crippen MR) is 74.4 cm³/mol. The summed E-state index contributed by atoms with van der Waals surface area (Å²) in [4.78, 5) is 21.8. The molecule has 104 valence electrons. The van der Waals surface area contributed by atoms with Gasteiger partial charge >= 0.3 is 6.09 Å². The lowest BCUT2D eigenvalue weighted by Crippen LogP contribution is -2.31. The normalized spacial score (nSPS) is 9.79. The highest BCUT2D eigenvalue weighted by atomic mass is 79.9. The third-order valence-corrected chi connectivity index (χ3v) is 2.58. The Morgan fingerprint density at radius 3 is 2.63 bits per heavy atom. The van der Waals surface area contributed by atoms with Crippen molar-refractivity contribution in [3.8, 4) is 0 Å². The third kappa shape index (κ3) is 5.58. The summed E-state index contributed by atoms with van der Waals surface area (Å²) < 4.78 is 0.814. The first-order valence-electron chi connectivity index (χ1n) is 5.44.